The maximum atomic E-state index is 12.6. The van der Waals surface area contributed by atoms with E-state index < -0.39 is 18.1 Å². The number of carbonyl (C=O) groups excluding carboxylic acids is 2. The van der Waals surface area contributed by atoms with Crippen molar-refractivity contribution < 1.29 is 38.2 Å². The Labute approximate surface area is 322 Å². The summed E-state index contributed by atoms with van der Waals surface area (Å²) in [6.07, 6.45) is 46.0. The molecule has 0 aromatic rings. The van der Waals surface area contributed by atoms with Crippen molar-refractivity contribution >= 4 is 17.9 Å². The number of carboxylic acids is 1. The number of hydrogen-bond donors (Lipinski definition) is 1. The standard InChI is InChI=1S/C45H71NO7/c1-6-8-10-12-14-16-18-19-20-21-22-23-24-26-27-29-31-33-35-43(47)52-40-41(39-51-38-37-42(45(49)50)46(3,4)5)53-44(48)36-34-32-30-28-25-17-15-13-11-9-7-2/h9-12,14-23,28,30,41-42H,6-8,13,24-27,29,31-40H2,1-5H3/p+1/b11-9+,12-10+,16-14+,17-15+,19-18+,21-20+,23-22+,30-28+. The summed E-state index contributed by atoms with van der Waals surface area (Å²) in [6.45, 7) is 4.40. The van der Waals surface area contributed by atoms with Crippen molar-refractivity contribution in [1.29, 1.82) is 0 Å². The van der Waals surface area contributed by atoms with E-state index in [0.717, 1.165) is 70.6 Å². The van der Waals surface area contributed by atoms with E-state index in [-0.39, 0.29) is 42.7 Å². The minimum Gasteiger partial charge on any atom is -0.477 e. The highest BCUT2D eigenvalue weighted by Gasteiger charge is 2.31. The molecule has 0 spiro atoms. The molecule has 0 saturated heterocycles. The molecule has 0 aromatic heterocycles. The van der Waals surface area contributed by atoms with E-state index in [1.54, 1.807) is 0 Å². The molecule has 8 nitrogen and oxygen atoms in total. The molecule has 298 valence electrons. The number of esters is 2. The number of quaternary nitrogens is 1. The summed E-state index contributed by atoms with van der Waals surface area (Å²) in [4.78, 5) is 36.8. The van der Waals surface area contributed by atoms with E-state index in [4.69, 9.17) is 14.2 Å². The number of unbranched alkanes of at least 4 members (excludes halogenated alkanes) is 7. The van der Waals surface area contributed by atoms with Crippen LogP contribution in [0.15, 0.2) is 97.2 Å². The topological polar surface area (TPSA) is 99.1 Å². The number of carbonyl (C=O) groups is 3. The average molecular weight is 739 g/mol. The molecule has 2 atom stereocenters. The number of nitrogens with zero attached hydrogens (tertiary/aromatic N) is 1. The molecule has 8 heteroatoms. The van der Waals surface area contributed by atoms with E-state index in [9.17, 15) is 19.5 Å². The SMILES string of the molecule is CC/C=C/C/C=C/C/C=C/CCCC(=O)OC(COCCC(C(=O)O)[N+](C)(C)C)COC(=O)CCCCCCC/C=C/C=C/C=C/C=C/C=C/CCC. The lowest BCUT2D eigenvalue weighted by atomic mass is 10.1. The lowest BCUT2D eigenvalue weighted by Crippen LogP contribution is -2.50. The third kappa shape index (κ3) is 33.8. The van der Waals surface area contributed by atoms with Crippen LogP contribution < -0.4 is 0 Å². The third-order valence-corrected chi connectivity index (χ3v) is 8.08. The van der Waals surface area contributed by atoms with Crippen LogP contribution in [0.5, 0.6) is 0 Å². The maximum absolute atomic E-state index is 12.6. The van der Waals surface area contributed by atoms with Gasteiger partial charge in [-0.25, -0.2) is 4.79 Å². The summed E-state index contributed by atoms with van der Waals surface area (Å²) in [6, 6.07) is -0.632. The zero-order valence-corrected chi connectivity index (χ0v) is 33.7. The molecular formula is C45H72NO7+. The van der Waals surface area contributed by atoms with Crippen molar-refractivity contribution in [3.8, 4) is 0 Å². The highest BCUT2D eigenvalue weighted by atomic mass is 16.6. The molecule has 0 saturated carbocycles. The molecule has 0 aliphatic heterocycles. The van der Waals surface area contributed by atoms with Crippen LogP contribution in [0, 0.1) is 0 Å². The molecule has 0 radical (unpaired) electrons. The first-order chi connectivity index (χ1) is 25.6. The average Bonchev–Trinajstić information content (AvgIpc) is 3.11. The first kappa shape index (κ1) is 49.2. The number of carboxylic acid groups (broad SMARTS) is 1. The van der Waals surface area contributed by atoms with Gasteiger partial charge in [0.2, 0.25) is 0 Å². The molecular weight excluding hydrogens is 666 g/mol. The normalized spacial score (nSPS) is 14.1. The monoisotopic (exact) mass is 739 g/mol. The zero-order chi connectivity index (χ0) is 39.3. The summed E-state index contributed by atoms with van der Waals surface area (Å²) >= 11 is 0. The van der Waals surface area contributed by atoms with Gasteiger partial charge in [0, 0.05) is 19.3 Å². The second-order valence-corrected chi connectivity index (χ2v) is 13.9. The highest BCUT2D eigenvalue weighted by Crippen LogP contribution is 2.11. The van der Waals surface area contributed by atoms with Gasteiger partial charge in [0.05, 0.1) is 34.4 Å². The summed E-state index contributed by atoms with van der Waals surface area (Å²) in [5.74, 6) is -1.59. The minimum absolute atomic E-state index is 0.0253. The van der Waals surface area contributed by atoms with Crippen LogP contribution >= 0.6 is 0 Å². The van der Waals surface area contributed by atoms with E-state index >= 15 is 0 Å². The lowest BCUT2D eigenvalue weighted by Gasteiger charge is -2.31. The van der Waals surface area contributed by atoms with Crippen molar-refractivity contribution in [3.63, 3.8) is 0 Å². The Balaban J connectivity index is 4.51. The molecule has 0 bridgehead atoms. The molecule has 1 N–H and O–H groups in total. The van der Waals surface area contributed by atoms with E-state index in [1.807, 2.05) is 57.6 Å². The van der Waals surface area contributed by atoms with Gasteiger partial charge in [-0.1, -0.05) is 137 Å². The zero-order valence-electron chi connectivity index (χ0n) is 33.7. The predicted molar refractivity (Wildman–Crippen MR) is 219 cm³/mol. The fraction of sp³-hybridized carbons (Fsp3) is 0.578. The smallest absolute Gasteiger partial charge is 0.362 e. The summed E-state index contributed by atoms with van der Waals surface area (Å²) in [5.41, 5.74) is 0. The molecule has 2 unspecified atom stereocenters. The molecule has 0 aliphatic carbocycles. The number of ether oxygens (including phenoxy) is 3. The van der Waals surface area contributed by atoms with Gasteiger partial charge in [0.1, 0.15) is 6.61 Å². The molecule has 0 fully saturated rings. The Hall–Kier alpha value is -3.75. The van der Waals surface area contributed by atoms with Gasteiger partial charge in [-0.2, -0.15) is 0 Å². The van der Waals surface area contributed by atoms with Crippen molar-refractivity contribution in [2.75, 3.05) is 41.0 Å². The van der Waals surface area contributed by atoms with Crippen molar-refractivity contribution in [2.24, 2.45) is 0 Å². The predicted octanol–water partition coefficient (Wildman–Crippen LogP) is 10.3. The molecule has 0 rings (SSSR count). The molecule has 0 aromatic carbocycles. The first-order valence-electron chi connectivity index (χ1n) is 19.8. The van der Waals surface area contributed by atoms with Crippen LogP contribution in [-0.4, -0.2) is 80.6 Å². The van der Waals surface area contributed by atoms with Gasteiger partial charge in [-0.05, 0) is 57.8 Å². The second kappa shape index (κ2) is 35.3. The van der Waals surface area contributed by atoms with Crippen LogP contribution in [0.2, 0.25) is 0 Å². The Kier molecular flexibility index (Phi) is 32.8. The first-order valence-corrected chi connectivity index (χ1v) is 19.8. The number of likely N-dealkylation sites (N-methyl/N-ethyl adjacent to an activating group) is 1. The molecule has 53 heavy (non-hydrogen) atoms. The van der Waals surface area contributed by atoms with Gasteiger partial charge < -0.3 is 23.8 Å². The lowest BCUT2D eigenvalue weighted by molar-refractivity contribution is -0.887. The summed E-state index contributed by atoms with van der Waals surface area (Å²) < 4.78 is 17.1. The van der Waals surface area contributed by atoms with Gasteiger partial charge in [0.25, 0.3) is 0 Å². The molecule has 0 amide bonds. The van der Waals surface area contributed by atoms with Crippen LogP contribution in [0.4, 0.5) is 0 Å². The quantitative estimate of drug-likeness (QED) is 0.0235. The third-order valence-electron chi connectivity index (χ3n) is 8.08. The van der Waals surface area contributed by atoms with E-state index in [1.165, 1.54) is 6.42 Å². The van der Waals surface area contributed by atoms with Gasteiger partial charge in [0.15, 0.2) is 12.1 Å². The number of rotatable bonds is 33. The number of allylic oxidation sites excluding steroid dienone is 16. The fourth-order valence-corrected chi connectivity index (χ4v) is 5.02. The summed E-state index contributed by atoms with van der Waals surface area (Å²) in [5, 5.41) is 9.59. The van der Waals surface area contributed by atoms with Crippen molar-refractivity contribution in [2.45, 2.75) is 129 Å². The molecule has 0 aliphatic rings. The molecule has 0 heterocycles. The van der Waals surface area contributed by atoms with Gasteiger partial charge in [-0.3, -0.25) is 9.59 Å². The number of hydrogen-bond acceptors (Lipinski definition) is 6. The van der Waals surface area contributed by atoms with Gasteiger partial charge in [-0.15, -0.1) is 0 Å². The second-order valence-electron chi connectivity index (χ2n) is 13.9. The summed E-state index contributed by atoms with van der Waals surface area (Å²) in [7, 11) is 5.48. The van der Waals surface area contributed by atoms with E-state index in [2.05, 4.69) is 74.6 Å². The van der Waals surface area contributed by atoms with Crippen LogP contribution in [-0.2, 0) is 28.6 Å². The highest BCUT2D eigenvalue weighted by molar-refractivity contribution is 5.72. The van der Waals surface area contributed by atoms with Crippen LogP contribution in [0.3, 0.4) is 0 Å². The minimum atomic E-state index is -0.893. The van der Waals surface area contributed by atoms with Crippen molar-refractivity contribution in [1.82, 2.24) is 0 Å². The van der Waals surface area contributed by atoms with Crippen LogP contribution in [0.1, 0.15) is 117 Å². The largest absolute Gasteiger partial charge is 0.477 e. The number of aliphatic carboxylic acids is 1. The Morgan fingerprint density at radius 1 is 0.604 bits per heavy atom. The fourth-order valence-electron chi connectivity index (χ4n) is 5.02. The Morgan fingerprint density at radius 3 is 1.77 bits per heavy atom. The van der Waals surface area contributed by atoms with Gasteiger partial charge >= 0.3 is 17.9 Å². The van der Waals surface area contributed by atoms with Crippen LogP contribution in [0.25, 0.3) is 0 Å². The van der Waals surface area contributed by atoms with Crippen molar-refractivity contribution in [3.05, 3.63) is 97.2 Å². The Morgan fingerprint density at radius 2 is 1.15 bits per heavy atom. The maximum Gasteiger partial charge on any atom is 0.362 e. The Bertz CT molecular complexity index is 1180. The van der Waals surface area contributed by atoms with E-state index in [0.29, 0.717) is 19.3 Å².